The minimum atomic E-state index is -0.724. The molecule has 0 aliphatic carbocycles. The van der Waals surface area contributed by atoms with Crippen LogP contribution in [0.25, 0.3) is 0 Å². The van der Waals surface area contributed by atoms with E-state index in [0.717, 1.165) is 5.56 Å². The van der Waals surface area contributed by atoms with Gasteiger partial charge >= 0.3 is 0 Å². The molecule has 5 nitrogen and oxygen atoms in total. The number of hydrogen-bond donors (Lipinski definition) is 0. The van der Waals surface area contributed by atoms with Crippen LogP contribution in [0.2, 0.25) is 0 Å². The molecule has 0 aliphatic rings. The standard InChI is InChI=1S/C16H18N2O3/c1-16(2,11-8-6-5-7-9-11)14(19)13-15(21-4)18-12(20-3)10-17-13/h5-10H,1-4H3. The molecule has 0 unspecified atom stereocenters. The summed E-state index contributed by atoms with van der Waals surface area (Å²) in [5, 5.41) is 0. The van der Waals surface area contributed by atoms with E-state index in [-0.39, 0.29) is 17.4 Å². The van der Waals surface area contributed by atoms with Crippen molar-refractivity contribution in [2.24, 2.45) is 0 Å². The van der Waals surface area contributed by atoms with Gasteiger partial charge in [0, 0.05) is 0 Å². The van der Waals surface area contributed by atoms with Gasteiger partial charge in [0.05, 0.1) is 25.8 Å². The molecule has 2 rings (SSSR count). The van der Waals surface area contributed by atoms with Crippen molar-refractivity contribution in [2.45, 2.75) is 19.3 Å². The van der Waals surface area contributed by atoms with Gasteiger partial charge in [0.2, 0.25) is 11.8 Å². The maximum Gasteiger partial charge on any atom is 0.246 e. The summed E-state index contributed by atoms with van der Waals surface area (Å²) in [6.07, 6.45) is 1.41. The first kappa shape index (κ1) is 15.0. The van der Waals surface area contributed by atoms with E-state index in [1.54, 1.807) is 0 Å². The Morgan fingerprint density at radius 2 is 1.76 bits per heavy atom. The fourth-order valence-corrected chi connectivity index (χ4v) is 2.04. The molecule has 110 valence electrons. The maximum absolute atomic E-state index is 12.8. The van der Waals surface area contributed by atoms with Crippen LogP contribution in [0.4, 0.5) is 0 Å². The van der Waals surface area contributed by atoms with Crippen molar-refractivity contribution >= 4 is 5.78 Å². The quantitative estimate of drug-likeness (QED) is 0.791. The monoisotopic (exact) mass is 286 g/mol. The Balaban J connectivity index is 2.44. The summed E-state index contributed by atoms with van der Waals surface area (Å²) in [7, 11) is 2.94. The lowest BCUT2D eigenvalue weighted by molar-refractivity contribution is 0.0899. The summed E-state index contributed by atoms with van der Waals surface area (Å²) in [4.78, 5) is 21.1. The number of aromatic nitrogens is 2. The summed E-state index contributed by atoms with van der Waals surface area (Å²) >= 11 is 0. The van der Waals surface area contributed by atoms with Crippen LogP contribution in [0.1, 0.15) is 29.9 Å². The van der Waals surface area contributed by atoms with Gasteiger partial charge in [-0.2, -0.15) is 4.98 Å². The third kappa shape index (κ3) is 2.86. The zero-order valence-electron chi connectivity index (χ0n) is 12.6. The van der Waals surface area contributed by atoms with Crippen LogP contribution in [0, 0.1) is 0 Å². The van der Waals surface area contributed by atoms with E-state index in [1.165, 1.54) is 20.4 Å². The van der Waals surface area contributed by atoms with Crippen LogP contribution in [0.3, 0.4) is 0 Å². The van der Waals surface area contributed by atoms with Gasteiger partial charge in [0.15, 0.2) is 11.5 Å². The van der Waals surface area contributed by atoms with Gasteiger partial charge < -0.3 is 9.47 Å². The molecule has 5 heteroatoms. The number of ether oxygens (including phenoxy) is 2. The Bertz CT molecular complexity index is 639. The second-order valence-corrected chi connectivity index (χ2v) is 5.09. The number of methoxy groups -OCH3 is 2. The van der Waals surface area contributed by atoms with Crippen molar-refractivity contribution < 1.29 is 14.3 Å². The number of benzene rings is 1. The lowest BCUT2D eigenvalue weighted by atomic mass is 9.79. The van der Waals surface area contributed by atoms with Crippen molar-refractivity contribution in [3.8, 4) is 11.8 Å². The van der Waals surface area contributed by atoms with Crippen LogP contribution in [0.5, 0.6) is 11.8 Å². The number of ketones is 1. The third-order valence-electron chi connectivity index (χ3n) is 3.40. The van der Waals surface area contributed by atoms with Crippen molar-refractivity contribution in [1.29, 1.82) is 0 Å². The third-order valence-corrected chi connectivity index (χ3v) is 3.40. The lowest BCUT2D eigenvalue weighted by Crippen LogP contribution is -2.30. The van der Waals surface area contributed by atoms with Gasteiger partial charge in [-0.25, -0.2) is 4.98 Å². The van der Waals surface area contributed by atoms with Gasteiger partial charge in [-0.1, -0.05) is 30.3 Å². The number of carbonyl (C=O) groups excluding carboxylic acids is 1. The van der Waals surface area contributed by atoms with Gasteiger partial charge in [0.1, 0.15) is 0 Å². The molecule has 0 saturated carbocycles. The molecule has 0 radical (unpaired) electrons. The highest BCUT2D eigenvalue weighted by Crippen LogP contribution is 2.30. The molecule has 0 spiro atoms. The van der Waals surface area contributed by atoms with Gasteiger partial charge in [-0.05, 0) is 19.4 Å². The van der Waals surface area contributed by atoms with Crippen LogP contribution in [-0.4, -0.2) is 30.0 Å². The Morgan fingerprint density at radius 1 is 1.10 bits per heavy atom. The Kier molecular flexibility index (Phi) is 4.21. The highest BCUT2D eigenvalue weighted by atomic mass is 16.5. The van der Waals surface area contributed by atoms with Gasteiger partial charge in [-0.3, -0.25) is 4.79 Å². The average Bonchev–Trinajstić information content (AvgIpc) is 2.54. The molecule has 0 saturated heterocycles. The molecule has 0 atom stereocenters. The summed E-state index contributed by atoms with van der Waals surface area (Å²) in [6.45, 7) is 3.71. The first-order valence-electron chi connectivity index (χ1n) is 6.56. The van der Waals surface area contributed by atoms with E-state index in [4.69, 9.17) is 9.47 Å². The van der Waals surface area contributed by atoms with E-state index in [9.17, 15) is 4.79 Å². The van der Waals surface area contributed by atoms with E-state index in [0.29, 0.717) is 5.88 Å². The van der Waals surface area contributed by atoms with Gasteiger partial charge in [-0.15, -0.1) is 0 Å². The molecular weight excluding hydrogens is 268 g/mol. The molecule has 2 aromatic rings. The SMILES string of the molecule is COc1cnc(C(=O)C(C)(C)c2ccccc2)c(OC)n1. The molecule has 0 N–H and O–H groups in total. The molecule has 21 heavy (non-hydrogen) atoms. The predicted octanol–water partition coefficient (Wildman–Crippen LogP) is 2.65. The highest BCUT2D eigenvalue weighted by Gasteiger charge is 2.34. The van der Waals surface area contributed by atoms with Crippen LogP contribution in [0.15, 0.2) is 36.5 Å². The molecule has 1 aromatic heterocycles. The second-order valence-electron chi connectivity index (χ2n) is 5.09. The minimum absolute atomic E-state index is 0.152. The fourth-order valence-electron chi connectivity index (χ4n) is 2.04. The number of Topliss-reactive ketones (excluding diaryl/α,β-unsaturated/α-hetero) is 1. The van der Waals surface area contributed by atoms with Crippen molar-refractivity contribution in [3.05, 3.63) is 47.8 Å². The molecule has 0 aliphatic heterocycles. The Labute approximate surface area is 124 Å². The number of carbonyl (C=O) groups is 1. The number of nitrogens with zero attached hydrogens (tertiary/aromatic N) is 2. The normalized spacial score (nSPS) is 11.0. The van der Waals surface area contributed by atoms with Crippen LogP contribution < -0.4 is 9.47 Å². The van der Waals surface area contributed by atoms with E-state index >= 15 is 0 Å². The van der Waals surface area contributed by atoms with Crippen molar-refractivity contribution in [3.63, 3.8) is 0 Å². The van der Waals surface area contributed by atoms with E-state index in [2.05, 4.69) is 9.97 Å². The Morgan fingerprint density at radius 3 is 2.33 bits per heavy atom. The fraction of sp³-hybridized carbons (Fsp3) is 0.312. The van der Waals surface area contributed by atoms with Crippen LogP contribution >= 0.6 is 0 Å². The maximum atomic E-state index is 12.8. The van der Waals surface area contributed by atoms with Crippen molar-refractivity contribution in [2.75, 3.05) is 14.2 Å². The smallest absolute Gasteiger partial charge is 0.246 e. The molecule has 0 bridgehead atoms. The summed E-state index contributed by atoms with van der Waals surface area (Å²) in [5.41, 5.74) is 0.388. The summed E-state index contributed by atoms with van der Waals surface area (Å²) in [5.74, 6) is 0.324. The average molecular weight is 286 g/mol. The first-order valence-corrected chi connectivity index (χ1v) is 6.56. The summed E-state index contributed by atoms with van der Waals surface area (Å²) in [6, 6.07) is 9.56. The topological polar surface area (TPSA) is 61.3 Å². The minimum Gasteiger partial charge on any atom is -0.480 e. The molecule has 1 heterocycles. The first-order chi connectivity index (χ1) is 10.0. The van der Waals surface area contributed by atoms with Crippen molar-refractivity contribution in [1.82, 2.24) is 9.97 Å². The Hall–Kier alpha value is -2.43. The second kappa shape index (κ2) is 5.91. The number of hydrogen-bond acceptors (Lipinski definition) is 5. The summed E-state index contributed by atoms with van der Waals surface area (Å²) < 4.78 is 10.2. The highest BCUT2D eigenvalue weighted by molar-refractivity contribution is 6.03. The predicted molar refractivity (Wildman–Crippen MR) is 78.9 cm³/mol. The van der Waals surface area contributed by atoms with E-state index < -0.39 is 5.41 Å². The zero-order valence-corrected chi connectivity index (χ0v) is 12.6. The lowest BCUT2D eigenvalue weighted by Gasteiger charge is -2.23. The molecular formula is C16H18N2O3. The molecule has 1 aromatic carbocycles. The molecule has 0 amide bonds. The zero-order chi connectivity index (χ0) is 15.5. The number of rotatable bonds is 5. The van der Waals surface area contributed by atoms with E-state index in [1.807, 2.05) is 44.2 Å². The van der Waals surface area contributed by atoms with Gasteiger partial charge in [0.25, 0.3) is 0 Å². The van der Waals surface area contributed by atoms with Crippen LogP contribution in [-0.2, 0) is 5.41 Å². The largest absolute Gasteiger partial charge is 0.480 e. The molecule has 0 fully saturated rings.